The number of hydrazone groups is 1. The van der Waals surface area contributed by atoms with Crippen LogP contribution in [-0.4, -0.2) is 36.4 Å². The molecule has 0 bridgehead atoms. The Labute approximate surface area is 145 Å². The minimum absolute atomic E-state index is 0.189. The van der Waals surface area contributed by atoms with E-state index in [1.54, 1.807) is 19.1 Å². The third-order valence-electron chi connectivity index (χ3n) is 5.24. The third-order valence-corrected chi connectivity index (χ3v) is 5.24. The number of rotatable bonds is 5. The van der Waals surface area contributed by atoms with Crippen molar-refractivity contribution in [2.24, 2.45) is 16.3 Å². The van der Waals surface area contributed by atoms with E-state index in [-0.39, 0.29) is 6.54 Å². The van der Waals surface area contributed by atoms with Gasteiger partial charge >= 0.3 is 6.18 Å². The van der Waals surface area contributed by atoms with Gasteiger partial charge in [-0.1, -0.05) is 45.0 Å². The highest BCUT2D eigenvalue weighted by atomic mass is 19.4. The largest absolute Gasteiger partial charge is 0.432 e. The number of carbonyl (C=O) groups is 1. The lowest BCUT2D eigenvalue weighted by atomic mass is 9.69. The molecule has 0 spiro atoms. The molecule has 1 amide bonds. The van der Waals surface area contributed by atoms with Crippen LogP contribution in [0.25, 0.3) is 0 Å². The summed E-state index contributed by atoms with van der Waals surface area (Å²) in [7, 11) is 1.41. The third kappa shape index (κ3) is 3.37. The molecule has 3 unspecified atom stereocenters. The number of benzene rings is 1. The van der Waals surface area contributed by atoms with Crippen molar-refractivity contribution in [2.75, 3.05) is 13.6 Å². The van der Waals surface area contributed by atoms with Gasteiger partial charge in [-0.25, -0.2) is 0 Å². The predicted molar refractivity (Wildman–Crippen MR) is 91.3 cm³/mol. The molecule has 0 aliphatic carbocycles. The monoisotopic (exact) mass is 355 g/mol. The number of halogens is 3. The quantitative estimate of drug-likeness (QED) is 0.877. The van der Waals surface area contributed by atoms with Crippen LogP contribution in [0.15, 0.2) is 29.4 Å². The summed E-state index contributed by atoms with van der Waals surface area (Å²) in [5.41, 5.74) is 4.21. The Morgan fingerprint density at radius 2 is 1.80 bits per heavy atom. The van der Waals surface area contributed by atoms with Gasteiger partial charge in [-0.05, 0) is 23.5 Å². The Bertz CT molecular complexity index is 669. The van der Waals surface area contributed by atoms with Crippen LogP contribution in [0.3, 0.4) is 0 Å². The molecule has 0 saturated heterocycles. The lowest BCUT2D eigenvalue weighted by molar-refractivity contribution is -0.127. The second-order valence-electron chi connectivity index (χ2n) is 6.80. The van der Waals surface area contributed by atoms with Crippen LogP contribution in [0.2, 0.25) is 0 Å². The number of alkyl halides is 3. The molecule has 0 saturated carbocycles. The molecule has 25 heavy (non-hydrogen) atoms. The minimum Gasteiger partial charge on any atom is -0.369 e. The van der Waals surface area contributed by atoms with E-state index in [2.05, 4.69) is 18.9 Å². The van der Waals surface area contributed by atoms with Crippen molar-refractivity contribution in [3.05, 3.63) is 35.4 Å². The molecule has 1 aromatic rings. The minimum atomic E-state index is -4.72. The van der Waals surface area contributed by atoms with Gasteiger partial charge in [0, 0.05) is 13.0 Å². The van der Waals surface area contributed by atoms with Crippen molar-refractivity contribution in [2.45, 2.75) is 45.2 Å². The lowest BCUT2D eigenvalue weighted by Crippen LogP contribution is -2.53. The molecule has 0 radical (unpaired) electrons. The summed E-state index contributed by atoms with van der Waals surface area (Å²) in [6.07, 6.45) is -3.75. The summed E-state index contributed by atoms with van der Waals surface area (Å²) in [6.45, 7) is 5.57. The topological polar surface area (TPSA) is 58.7 Å². The first-order valence-electron chi connectivity index (χ1n) is 8.31. The Hall–Kier alpha value is -2.05. The molecule has 1 aromatic carbocycles. The normalized spacial score (nSPS) is 23.3. The SMILES string of the molecule is CCC(C)c1ccc(C(C)C2(C(N)=O)CN(C)N=C2C(F)(F)F)cc1. The molecule has 1 heterocycles. The predicted octanol–water partition coefficient (Wildman–Crippen LogP) is 3.64. The number of carbonyl (C=O) groups excluding carboxylic acids is 1. The molecule has 3 atom stereocenters. The smallest absolute Gasteiger partial charge is 0.369 e. The summed E-state index contributed by atoms with van der Waals surface area (Å²) in [5.74, 6) is -1.40. The van der Waals surface area contributed by atoms with Gasteiger partial charge in [0.1, 0.15) is 5.41 Å². The van der Waals surface area contributed by atoms with Crippen molar-refractivity contribution >= 4 is 11.6 Å². The van der Waals surface area contributed by atoms with Crippen LogP contribution in [0.4, 0.5) is 13.2 Å². The number of nitrogens with two attached hydrogens (primary N) is 1. The van der Waals surface area contributed by atoms with E-state index in [4.69, 9.17) is 5.73 Å². The number of hydrogen-bond acceptors (Lipinski definition) is 3. The molecule has 0 fully saturated rings. The highest BCUT2D eigenvalue weighted by molar-refractivity contribution is 6.12. The highest BCUT2D eigenvalue weighted by Gasteiger charge is 2.60. The van der Waals surface area contributed by atoms with Crippen LogP contribution in [-0.2, 0) is 4.79 Å². The van der Waals surface area contributed by atoms with Crippen LogP contribution in [0, 0.1) is 5.41 Å². The van der Waals surface area contributed by atoms with E-state index in [1.807, 2.05) is 12.1 Å². The van der Waals surface area contributed by atoms with E-state index < -0.39 is 29.1 Å². The van der Waals surface area contributed by atoms with Crippen molar-refractivity contribution in [1.82, 2.24) is 5.01 Å². The van der Waals surface area contributed by atoms with Crippen LogP contribution < -0.4 is 5.73 Å². The van der Waals surface area contributed by atoms with Crippen molar-refractivity contribution in [3.63, 3.8) is 0 Å². The van der Waals surface area contributed by atoms with Crippen molar-refractivity contribution < 1.29 is 18.0 Å². The van der Waals surface area contributed by atoms with Gasteiger partial charge in [0.05, 0.1) is 6.54 Å². The first-order chi connectivity index (χ1) is 11.5. The second kappa shape index (κ2) is 6.69. The molecule has 1 aliphatic heterocycles. The van der Waals surface area contributed by atoms with E-state index in [9.17, 15) is 18.0 Å². The Balaban J connectivity index is 2.47. The summed E-state index contributed by atoms with van der Waals surface area (Å²) >= 11 is 0. The molecule has 7 heteroatoms. The molecule has 4 nitrogen and oxygen atoms in total. The van der Waals surface area contributed by atoms with Gasteiger partial charge in [-0.3, -0.25) is 9.80 Å². The van der Waals surface area contributed by atoms with E-state index in [0.717, 1.165) is 17.0 Å². The van der Waals surface area contributed by atoms with Crippen LogP contribution in [0.5, 0.6) is 0 Å². The van der Waals surface area contributed by atoms with Gasteiger partial charge in [0.15, 0.2) is 5.71 Å². The molecular formula is C18H24F3N3O. The number of amides is 1. The zero-order valence-electron chi connectivity index (χ0n) is 14.9. The Morgan fingerprint density at radius 1 is 1.28 bits per heavy atom. The zero-order valence-corrected chi connectivity index (χ0v) is 14.9. The van der Waals surface area contributed by atoms with E-state index in [1.165, 1.54) is 7.05 Å². The molecule has 2 rings (SSSR count). The van der Waals surface area contributed by atoms with E-state index >= 15 is 0 Å². The van der Waals surface area contributed by atoms with Crippen LogP contribution in [0.1, 0.15) is 50.2 Å². The molecule has 1 aliphatic rings. The summed E-state index contributed by atoms with van der Waals surface area (Å²) in [5, 5.41) is 4.70. The van der Waals surface area contributed by atoms with Gasteiger partial charge in [0.2, 0.25) is 5.91 Å². The maximum absolute atomic E-state index is 13.5. The summed E-state index contributed by atoms with van der Waals surface area (Å²) in [4.78, 5) is 12.2. The Kier molecular flexibility index (Phi) is 5.16. The fourth-order valence-electron chi connectivity index (χ4n) is 3.42. The summed E-state index contributed by atoms with van der Waals surface area (Å²) in [6, 6.07) is 7.36. The number of primary amides is 1. The highest BCUT2D eigenvalue weighted by Crippen LogP contribution is 2.46. The maximum Gasteiger partial charge on any atom is 0.432 e. The van der Waals surface area contributed by atoms with Crippen molar-refractivity contribution in [3.8, 4) is 0 Å². The van der Waals surface area contributed by atoms with Crippen molar-refractivity contribution in [1.29, 1.82) is 0 Å². The molecular weight excluding hydrogens is 331 g/mol. The first kappa shape index (κ1) is 19.3. The van der Waals surface area contributed by atoms with Gasteiger partial charge in [0.25, 0.3) is 0 Å². The lowest BCUT2D eigenvalue weighted by Gasteiger charge is -2.34. The zero-order chi connectivity index (χ0) is 19.0. The average Bonchev–Trinajstić information content (AvgIpc) is 2.92. The standard InChI is InChI=1S/C18H24F3N3O/c1-5-11(2)13-6-8-14(9-7-13)12(3)17(16(22)25)10-24(4)23-15(17)18(19,20)21/h6-9,11-12H,5,10H2,1-4H3,(H2,22,25). The van der Waals surface area contributed by atoms with Gasteiger partial charge in [-0.2, -0.15) is 18.3 Å². The van der Waals surface area contributed by atoms with Gasteiger partial charge in [-0.15, -0.1) is 0 Å². The van der Waals surface area contributed by atoms with Gasteiger partial charge < -0.3 is 5.73 Å². The fraction of sp³-hybridized carbons (Fsp3) is 0.556. The molecule has 138 valence electrons. The van der Waals surface area contributed by atoms with Crippen LogP contribution >= 0.6 is 0 Å². The van der Waals surface area contributed by atoms with E-state index in [0.29, 0.717) is 11.5 Å². The fourth-order valence-corrected chi connectivity index (χ4v) is 3.42. The summed E-state index contributed by atoms with van der Waals surface area (Å²) < 4.78 is 40.5. The second-order valence-corrected chi connectivity index (χ2v) is 6.80. The average molecular weight is 355 g/mol. The number of nitrogens with zero attached hydrogens (tertiary/aromatic N) is 2. The molecule has 0 aromatic heterocycles. The Morgan fingerprint density at radius 3 is 2.24 bits per heavy atom. The first-order valence-corrected chi connectivity index (χ1v) is 8.31. The number of hydrogen-bond donors (Lipinski definition) is 1. The molecule has 2 N–H and O–H groups in total. The maximum atomic E-state index is 13.5.